The molecule has 4 fully saturated rings. The van der Waals surface area contributed by atoms with E-state index in [9.17, 15) is 27.3 Å². The molecule has 1 amide bonds. The Morgan fingerprint density at radius 1 is 1.06 bits per heavy atom. The molecule has 4 aliphatic rings. The first-order chi connectivity index (χ1) is 15.3. The van der Waals surface area contributed by atoms with Crippen molar-refractivity contribution in [2.45, 2.75) is 97.7 Å². The predicted molar refractivity (Wildman–Crippen MR) is 124 cm³/mol. The maximum absolute atomic E-state index is 12.9. The van der Waals surface area contributed by atoms with Crippen molar-refractivity contribution in [1.82, 2.24) is 4.72 Å². The van der Waals surface area contributed by atoms with E-state index in [1.165, 1.54) is 4.72 Å². The van der Waals surface area contributed by atoms with Crippen LogP contribution < -0.4 is 4.72 Å². The first-order valence-corrected chi connectivity index (χ1v) is 14.3. The molecular formula is C25H42FNO5S. The Morgan fingerprint density at radius 3 is 2.33 bits per heavy atom. The van der Waals surface area contributed by atoms with Gasteiger partial charge in [0, 0.05) is 6.42 Å². The van der Waals surface area contributed by atoms with Crippen molar-refractivity contribution in [3.05, 3.63) is 0 Å². The molecule has 0 radical (unpaired) electrons. The van der Waals surface area contributed by atoms with E-state index in [1.54, 1.807) is 0 Å². The molecule has 6 nitrogen and oxygen atoms in total. The molecule has 8 heteroatoms. The molecule has 0 saturated heterocycles. The number of fused-ring (bicyclic) bond motifs is 5. The van der Waals surface area contributed by atoms with Crippen LogP contribution in [0.1, 0.15) is 85.5 Å². The standard InChI is InChI=1S/C25H42FNO5S/c1-5-16-20-13-15(28)8-10-25(20,4)19-9-11-24(3)17(6-7-18(24)22(19)23(16)30)14(2)12-21(29)27-33(26,31)32/h14-20,22-23,28,30H,5-13H2,1-4H3,(H,27,29)/t14?,15-,16-,17-,18+,19+,20+,22+,23-,24-,25-/m1/s1. The van der Waals surface area contributed by atoms with Gasteiger partial charge in [0.15, 0.2) is 0 Å². The molecule has 0 aliphatic heterocycles. The van der Waals surface area contributed by atoms with E-state index < -0.39 is 16.3 Å². The summed E-state index contributed by atoms with van der Waals surface area (Å²) in [6.07, 6.45) is 6.96. The van der Waals surface area contributed by atoms with E-state index in [1.807, 2.05) is 6.92 Å². The van der Waals surface area contributed by atoms with E-state index in [0.717, 1.165) is 51.4 Å². The van der Waals surface area contributed by atoms with Gasteiger partial charge < -0.3 is 10.2 Å². The molecule has 33 heavy (non-hydrogen) atoms. The minimum Gasteiger partial charge on any atom is -0.393 e. The first-order valence-electron chi connectivity index (χ1n) is 12.9. The molecule has 1 unspecified atom stereocenters. The highest BCUT2D eigenvalue weighted by Crippen LogP contribution is 2.69. The van der Waals surface area contributed by atoms with Crippen LogP contribution in [-0.4, -0.2) is 36.7 Å². The van der Waals surface area contributed by atoms with Crippen LogP contribution in [0.4, 0.5) is 3.89 Å². The molecule has 4 rings (SSSR count). The average Bonchev–Trinajstić information content (AvgIpc) is 3.05. The zero-order valence-electron chi connectivity index (χ0n) is 20.5. The molecule has 0 aromatic carbocycles. The number of hydrogen-bond donors (Lipinski definition) is 3. The lowest BCUT2D eigenvalue weighted by molar-refractivity contribution is -0.203. The molecule has 11 atom stereocenters. The summed E-state index contributed by atoms with van der Waals surface area (Å²) in [7, 11) is -5.04. The summed E-state index contributed by atoms with van der Waals surface area (Å²) in [6, 6.07) is 0. The second-order valence-electron chi connectivity index (χ2n) is 12.3. The van der Waals surface area contributed by atoms with Gasteiger partial charge in [0.05, 0.1) is 12.2 Å². The lowest BCUT2D eigenvalue weighted by atomic mass is 9.41. The molecule has 0 bridgehead atoms. The fourth-order valence-corrected chi connectivity index (χ4v) is 9.90. The Labute approximate surface area is 198 Å². The van der Waals surface area contributed by atoms with Crippen molar-refractivity contribution in [3.8, 4) is 0 Å². The number of rotatable bonds is 5. The molecule has 4 aliphatic carbocycles. The normalized spacial score (nSPS) is 48.3. The van der Waals surface area contributed by atoms with E-state index in [4.69, 9.17) is 0 Å². The number of aliphatic hydroxyl groups is 2. The number of halogens is 1. The van der Waals surface area contributed by atoms with Gasteiger partial charge in [0.2, 0.25) is 5.91 Å². The number of amides is 1. The fraction of sp³-hybridized carbons (Fsp3) is 0.960. The molecule has 0 aromatic rings. The summed E-state index contributed by atoms with van der Waals surface area (Å²) in [4.78, 5) is 12.1. The van der Waals surface area contributed by atoms with Crippen LogP contribution in [-0.2, 0) is 15.2 Å². The molecule has 0 spiro atoms. The SMILES string of the molecule is CC[C@H]1[C@@H](O)[C@@H]2[C@H](CC[C@]3(C)[C@@H](C(C)CC(=O)NS(=O)(=O)F)CC[C@@H]23)[C@@]2(C)CC[C@@H](O)C[C@@H]12. The summed E-state index contributed by atoms with van der Waals surface area (Å²) >= 11 is 0. The highest BCUT2D eigenvalue weighted by molar-refractivity contribution is 7.84. The maximum Gasteiger partial charge on any atom is 0.399 e. The van der Waals surface area contributed by atoms with Crippen molar-refractivity contribution in [2.24, 2.45) is 52.3 Å². The summed E-state index contributed by atoms with van der Waals surface area (Å²) in [5.41, 5.74) is 0.121. The van der Waals surface area contributed by atoms with Gasteiger partial charge in [-0.1, -0.05) is 38.0 Å². The van der Waals surface area contributed by atoms with Crippen molar-refractivity contribution in [2.75, 3.05) is 0 Å². The van der Waals surface area contributed by atoms with Crippen LogP contribution in [0.5, 0.6) is 0 Å². The molecule has 190 valence electrons. The van der Waals surface area contributed by atoms with Crippen LogP contribution in [0.15, 0.2) is 0 Å². The number of carbonyl (C=O) groups is 1. The summed E-state index contributed by atoms with van der Waals surface area (Å²) < 4.78 is 36.0. The summed E-state index contributed by atoms with van der Waals surface area (Å²) in [6.45, 7) is 8.85. The van der Waals surface area contributed by atoms with Crippen LogP contribution in [0.25, 0.3) is 0 Å². The largest absolute Gasteiger partial charge is 0.399 e. The van der Waals surface area contributed by atoms with Gasteiger partial charge >= 0.3 is 10.4 Å². The van der Waals surface area contributed by atoms with Gasteiger partial charge in [-0.25, -0.2) is 4.72 Å². The number of aliphatic hydroxyl groups excluding tert-OH is 2. The molecule has 3 N–H and O–H groups in total. The predicted octanol–water partition coefficient (Wildman–Crippen LogP) is 3.97. The third-order valence-corrected chi connectivity index (χ3v) is 11.4. The minimum absolute atomic E-state index is 0.0119. The first kappa shape index (κ1) is 25.4. The van der Waals surface area contributed by atoms with Gasteiger partial charge in [-0.15, -0.1) is 0 Å². The van der Waals surface area contributed by atoms with Gasteiger partial charge in [0.25, 0.3) is 0 Å². The molecule has 0 aromatic heterocycles. The molecular weight excluding hydrogens is 445 g/mol. The van der Waals surface area contributed by atoms with E-state index in [0.29, 0.717) is 17.8 Å². The fourth-order valence-electron chi connectivity index (χ4n) is 9.54. The van der Waals surface area contributed by atoms with Crippen LogP contribution in [0.3, 0.4) is 0 Å². The second kappa shape index (κ2) is 8.74. The van der Waals surface area contributed by atoms with Crippen LogP contribution in [0, 0.1) is 52.3 Å². The Kier molecular flexibility index (Phi) is 6.71. The van der Waals surface area contributed by atoms with Crippen molar-refractivity contribution >= 4 is 16.3 Å². The third kappa shape index (κ3) is 4.26. The van der Waals surface area contributed by atoms with Gasteiger partial charge in [-0.2, -0.15) is 8.42 Å². The molecule has 0 heterocycles. The minimum atomic E-state index is -5.04. The second-order valence-corrected chi connectivity index (χ2v) is 13.3. The number of carbonyl (C=O) groups excluding carboxylic acids is 1. The zero-order chi connectivity index (χ0) is 24.3. The van der Waals surface area contributed by atoms with Crippen molar-refractivity contribution in [1.29, 1.82) is 0 Å². The van der Waals surface area contributed by atoms with Gasteiger partial charge in [0.1, 0.15) is 0 Å². The number of nitrogens with one attached hydrogen (secondary N) is 1. The highest BCUT2D eigenvalue weighted by Gasteiger charge is 2.64. The lowest BCUT2D eigenvalue weighted by Gasteiger charge is -2.64. The third-order valence-electron chi connectivity index (χ3n) is 10.9. The molecule has 4 saturated carbocycles. The van der Waals surface area contributed by atoms with E-state index >= 15 is 0 Å². The van der Waals surface area contributed by atoms with Crippen molar-refractivity contribution in [3.63, 3.8) is 0 Å². The summed E-state index contributed by atoms with van der Waals surface area (Å²) in [5.74, 6) is 0.981. The van der Waals surface area contributed by atoms with Crippen LogP contribution in [0.2, 0.25) is 0 Å². The van der Waals surface area contributed by atoms with E-state index in [2.05, 4.69) is 20.8 Å². The van der Waals surface area contributed by atoms with Gasteiger partial charge in [-0.3, -0.25) is 4.79 Å². The summed E-state index contributed by atoms with van der Waals surface area (Å²) in [5, 5.41) is 22.1. The van der Waals surface area contributed by atoms with Crippen LogP contribution >= 0.6 is 0 Å². The monoisotopic (exact) mass is 487 g/mol. The quantitative estimate of drug-likeness (QED) is 0.509. The van der Waals surface area contributed by atoms with E-state index in [-0.39, 0.29) is 53.1 Å². The Morgan fingerprint density at radius 2 is 1.70 bits per heavy atom. The highest BCUT2D eigenvalue weighted by atomic mass is 32.3. The smallest absolute Gasteiger partial charge is 0.393 e. The van der Waals surface area contributed by atoms with Crippen molar-refractivity contribution < 1.29 is 27.3 Å². The Balaban J connectivity index is 1.58. The van der Waals surface area contributed by atoms with Gasteiger partial charge in [-0.05, 0) is 97.2 Å². The maximum atomic E-state index is 12.9. The topological polar surface area (TPSA) is 104 Å². The average molecular weight is 488 g/mol. The lowest BCUT2D eigenvalue weighted by Crippen LogP contribution is -2.62. The Bertz CT molecular complexity index is 867. The zero-order valence-corrected chi connectivity index (χ0v) is 21.3. The number of hydrogen-bond acceptors (Lipinski definition) is 5. The Hall–Kier alpha value is -0.730.